The normalized spacial score (nSPS) is 12.3. The number of guanidine groups is 2. The van der Waals surface area contributed by atoms with Crippen molar-refractivity contribution in [1.29, 1.82) is 0 Å². The van der Waals surface area contributed by atoms with Crippen LogP contribution < -0.4 is 16.8 Å². The second-order valence-corrected chi connectivity index (χ2v) is 4.68. The molecular formula is C11H16Cl3N5. The van der Waals surface area contributed by atoms with E-state index in [1.807, 2.05) is 13.8 Å². The lowest BCUT2D eigenvalue weighted by molar-refractivity contribution is 0.729. The molecule has 106 valence electrons. The topological polar surface area (TPSA) is 88.8 Å². The molecule has 1 rings (SSSR count). The molecule has 0 heterocycles. The minimum absolute atomic E-state index is 0. The SMILES string of the molecule is CC(C)NC(N)=NC(N)=Nc1ccc(Cl)c(Cl)c1.Cl. The van der Waals surface area contributed by atoms with E-state index in [9.17, 15) is 0 Å². The summed E-state index contributed by atoms with van der Waals surface area (Å²) in [6.45, 7) is 3.88. The zero-order valence-electron chi connectivity index (χ0n) is 10.5. The van der Waals surface area contributed by atoms with Crippen LogP contribution in [0, 0.1) is 0 Å². The van der Waals surface area contributed by atoms with Crippen molar-refractivity contribution in [2.75, 3.05) is 0 Å². The van der Waals surface area contributed by atoms with Crippen molar-refractivity contribution in [3.05, 3.63) is 28.2 Å². The molecule has 0 amide bonds. The Morgan fingerprint density at radius 3 is 2.37 bits per heavy atom. The average molecular weight is 325 g/mol. The van der Waals surface area contributed by atoms with Crippen molar-refractivity contribution >= 4 is 53.2 Å². The van der Waals surface area contributed by atoms with Gasteiger partial charge in [0.25, 0.3) is 0 Å². The van der Waals surface area contributed by atoms with Gasteiger partial charge in [-0.25, -0.2) is 4.99 Å². The zero-order valence-corrected chi connectivity index (χ0v) is 12.9. The van der Waals surface area contributed by atoms with Crippen LogP contribution in [0.5, 0.6) is 0 Å². The lowest BCUT2D eigenvalue weighted by Crippen LogP contribution is -2.38. The van der Waals surface area contributed by atoms with Gasteiger partial charge >= 0.3 is 0 Å². The van der Waals surface area contributed by atoms with E-state index in [1.165, 1.54) is 0 Å². The number of benzene rings is 1. The fourth-order valence-electron chi connectivity index (χ4n) is 1.16. The van der Waals surface area contributed by atoms with Gasteiger partial charge in [0.15, 0.2) is 5.96 Å². The Labute approximate surface area is 128 Å². The molecule has 0 saturated heterocycles. The van der Waals surface area contributed by atoms with Crippen LogP contribution in [0.3, 0.4) is 0 Å². The first-order valence-electron chi connectivity index (χ1n) is 5.28. The lowest BCUT2D eigenvalue weighted by atomic mass is 10.3. The molecule has 5 N–H and O–H groups in total. The third kappa shape index (κ3) is 6.52. The summed E-state index contributed by atoms with van der Waals surface area (Å²) in [4.78, 5) is 7.95. The van der Waals surface area contributed by atoms with Crippen LogP contribution in [0.15, 0.2) is 28.2 Å². The van der Waals surface area contributed by atoms with E-state index in [4.69, 9.17) is 34.7 Å². The molecule has 5 nitrogen and oxygen atoms in total. The predicted molar refractivity (Wildman–Crippen MR) is 84.9 cm³/mol. The van der Waals surface area contributed by atoms with E-state index >= 15 is 0 Å². The number of nitrogens with one attached hydrogen (secondary N) is 1. The third-order valence-corrected chi connectivity index (χ3v) is 2.56. The zero-order chi connectivity index (χ0) is 13.7. The highest BCUT2D eigenvalue weighted by molar-refractivity contribution is 6.42. The van der Waals surface area contributed by atoms with Crippen LogP contribution in [0.1, 0.15) is 13.8 Å². The van der Waals surface area contributed by atoms with Crippen LogP contribution in [-0.4, -0.2) is 18.0 Å². The Kier molecular flexibility index (Phi) is 7.59. The standard InChI is InChI=1S/C11H15Cl2N5.ClH/c1-6(2)16-10(14)18-11(15)17-7-3-4-8(12)9(13)5-7;/h3-6H,1-2H3,(H5,14,15,16,17,18);1H. The Morgan fingerprint density at radius 1 is 1.21 bits per heavy atom. The van der Waals surface area contributed by atoms with Gasteiger partial charge in [-0.1, -0.05) is 23.2 Å². The Bertz CT molecular complexity index is 485. The van der Waals surface area contributed by atoms with Gasteiger partial charge in [0, 0.05) is 6.04 Å². The largest absolute Gasteiger partial charge is 0.370 e. The Balaban J connectivity index is 0.00000324. The maximum atomic E-state index is 5.86. The number of rotatable bonds is 2. The second kappa shape index (κ2) is 8.09. The molecule has 0 saturated carbocycles. The maximum absolute atomic E-state index is 5.86. The number of nitrogens with two attached hydrogens (primary N) is 2. The minimum Gasteiger partial charge on any atom is -0.370 e. The maximum Gasteiger partial charge on any atom is 0.223 e. The summed E-state index contributed by atoms with van der Waals surface area (Å²) in [7, 11) is 0. The predicted octanol–water partition coefficient (Wildman–Crippen LogP) is 2.67. The minimum atomic E-state index is 0. The number of aliphatic imine (C=N–C) groups is 2. The molecule has 0 aromatic heterocycles. The van der Waals surface area contributed by atoms with Crippen molar-refractivity contribution in [3.8, 4) is 0 Å². The van der Waals surface area contributed by atoms with Crippen LogP contribution in [0.2, 0.25) is 10.0 Å². The van der Waals surface area contributed by atoms with E-state index < -0.39 is 0 Å². The van der Waals surface area contributed by atoms with Crippen molar-refractivity contribution in [1.82, 2.24) is 5.32 Å². The van der Waals surface area contributed by atoms with E-state index in [1.54, 1.807) is 18.2 Å². The summed E-state index contributed by atoms with van der Waals surface area (Å²) < 4.78 is 0. The third-order valence-electron chi connectivity index (χ3n) is 1.82. The highest BCUT2D eigenvalue weighted by Gasteiger charge is 2.00. The molecule has 0 bridgehead atoms. The molecule has 0 radical (unpaired) electrons. The molecule has 0 spiro atoms. The van der Waals surface area contributed by atoms with Gasteiger partial charge in [0.2, 0.25) is 5.96 Å². The van der Waals surface area contributed by atoms with E-state index in [0.717, 1.165) is 0 Å². The Morgan fingerprint density at radius 2 is 1.84 bits per heavy atom. The first-order valence-corrected chi connectivity index (χ1v) is 6.04. The Hall–Kier alpha value is -1.17. The van der Waals surface area contributed by atoms with Crippen molar-refractivity contribution < 1.29 is 0 Å². The molecule has 19 heavy (non-hydrogen) atoms. The van der Waals surface area contributed by atoms with Crippen LogP contribution in [0.25, 0.3) is 0 Å². The van der Waals surface area contributed by atoms with E-state index in [2.05, 4.69) is 15.3 Å². The van der Waals surface area contributed by atoms with Crippen molar-refractivity contribution in [3.63, 3.8) is 0 Å². The summed E-state index contributed by atoms with van der Waals surface area (Å²) in [5.74, 6) is 0.255. The average Bonchev–Trinajstić information content (AvgIpc) is 2.21. The molecule has 0 fully saturated rings. The molecule has 0 unspecified atom stereocenters. The van der Waals surface area contributed by atoms with Crippen molar-refractivity contribution in [2.45, 2.75) is 19.9 Å². The van der Waals surface area contributed by atoms with Crippen molar-refractivity contribution in [2.24, 2.45) is 21.5 Å². The number of halogens is 3. The van der Waals surface area contributed by atoms with E-state index in [-0.39, 0.29) is 30.4 Å². The molecule has 0 atom stereocenters. The molecule has 0 aliphatic rings. The summed E-state index contributed by atoms with van der Waals surface area (Å²) in [5.41, 5.74) is 11.8. The monoisotopic (exact) mass is 323 g/mol. The van der Waals surface area contributed by atoms with Gasteiger partial charge in [-0.05, 0) is 32.0 Å². The van der Waals surface area contributed by atoms with Crippen LogP contribution in [0.4, 0.5) is 5.69 Å². The van der Waals surface area contributed by atoms with Gasteiger partial charge in [-0.2, -0.15) is 4.99 Å². The number of nitrogens with zero attached hydrogens (tertiary/aromatic N) is 2. The van der Waals surface area contributed by atoms with Gasteiger partial charge in [-0.3, -0.25) is 0 Å². The van der Waals surface area contributed by atoms with Gasteiger partial charge in [-0.15, -0.1) is 12.4 Å². The molecule has 0 aliphatic heterocycles. The highest BCUT2D eigenvalue weighted by Crippen LogP contribution is 2.26. The first-order chi connectivity index (χ1) is 8.38. The van der Waals surface area contributed by atoms with Gasteiger partial charge in [0.05, 0.1) is 15.7 Å². The summed E-state index contributed by atoms with van der Waals surface area (Å²) in [6, 6.07) is 5.09. The molecule has 8 heteroatoms. The smallest absolute Gasteiger partial charge is 0.223 e. The molecule has 1 aromatic carbocycles. The fourth-order valence-corrected chi connectivity index (χ4v) is 1.46. The lowest BCUT2D eigenvalue weighted by Gasteiger charge is -2.07. The van der Waals surface area contributed by atoms with Gasteiger partial charge in [0.1, 0.15) is 0 Å². The molecular weight excluding hydrogens is 309 g/mol. The quantitative estimate of drug-likeness (QED) is 0.577. The molecule has 1 aromatic rings. The summed E-state index contributed by atoms with van der Waals surface area (Å²) in [5, 5.41) is 3.76. The molecule has 0 aliphatic carbocycles. The van der Waals surface area contributed by atoms with E-state index in [0.29, 0.717) is 15.7 Å². The first kappa shape index (κ1) is 17.8. The number of hydrogen-bond donors (Lipinski definition) is 3. The van der Waals surface area contributed by atoms with Crippen LogP contribution in [-0.2, 0) is 0 Å². The van der Waals surface area contributed by atoms with Crippen LogP contribution >= 0.6 is 35.6 Å². The number of hydrogen-bond acceptors (Lipinski definition) is 1. The fraction of sp³-hybridized carbons (Fsp3) is 0.273. The highest BCUT2D eigenvalue weighted by atomic mass is 35.5. The van der Waals surface area contributed by atoms with Gasteiger partial charge < -0.3 is 16.8 Å². The summed E-state index contributed by atoms with van der Waals surface area (Å²) in [6.07, 6.45) is 0. The second-order valence-electron chi connectivity index (χ2n) is 3.86. The summed E-state index contributed by atoms with van der Waals surface area (Å²) >= 11 is 11.6.